The van der Waals surface area contributed by atoms with Crippen LogP contribution >= 0.6 is 0 Å². The van der Waals surface area contributed by atoms with Crippen molar-refractivity contribution in [2.75, 3.05) is 7.11 Å². The van der Waals surface area contributed by atoms with E-state index in [1.807, 2.05) is 0 Å². The minimum atomic E-state index is -1.83. The van der Waals surface area contributed by atoms with Crippen LogP contribution in [0, 0.1) is 6.92 Å². The van der Waals surface area contributed by atoms with Gasteiger partial charge in [0.1, 0.15) is 0 Å². The average molecular weight is 178 g/mol. The fourth-order valence-corrected chi connectivity index (χ4v) is 1.11. The van der Waals surface area contributed by atoms with Crippen LogP contribution in [0.1, 0.15) is 5.82 Å². The van der Waals surface area contributed by atoms with Crippen molar-refractivity contribution in [1.82, 2.24) is 9.13 Å². The van der Waals surface area contributed by atoms with Crippen LogP contribution in [0.4, 0.5) is 0 Å². The van der Waals surface area contributed by atoms with Gasteiger partial charge in [-0.3, -0.25) is 8.71 Å². The molecule has 0 aliphatic carbocycles. The van der Waals surface area contributed by atoms with Crippen LogP contribution in [0.3, 0.4) is 0 Å². The summed E-state index contributed by atoms with van der Waals surface area (Å²) in [6.45, 7) is 1.49. The molecule has 1 aromatic rings. The second-order valence-electron chi connectivity index (χ2n) is 1.67. The minimum absolute atomic E-state index is 0.218. The summed E-state index contributed by atoms with van der Waals surface area (Å²) in [5, 5.41) is 3.29. The first kappa shape index (κ1) is 8.15. The third kappa shape index (κ3) is 1.38. The van der Waals surface area contributed by atoms with E-state index >= 15 is 0 Å². The Labute approximate surface area is 64.5 Å². The quantitative estimate of drug-likeness (QED) is 0.593. The molecule has 6 nitrogen and oxygen atoms in total. The monoisotopic (exact) mass is 178 g/mol. The summed E-state index contributed by atoms with van der Waals surface area (Å²) in [6, 6.07) is 0. The highest BCUT2D eigenvalue weighted by Gasteiger charge is 2.11. The maximum atomic E-state index is 10.9. The first-order valence-corrected chi connectivity index (χ1v) is 3.72. The van der Waals surface area contributed by atoms with E-state index in [0.717, 1.165) is 3.97 Å². The van der Waals surface area contributed by atoms with Crippen LogP contribution in [0.25, 0.3) is 0 Å². The van der Waals surface area contributed by atoms with E-state index in [-0.39, 0.29) is 5.82 Å². The van der Waals surface area contributed by atoms with Crippen molar-refractivity contribution < 1.29 is 12.9 Å². The summed E-state index contributed by atoms with van der Waals surface area (Å²) in [4.78, 5) is 10.7. The van der Waals surface area contributed by atoms with Gasteiger partial charge in [0.05, 0.1) is 7.11 Å². The van der Waals surface area contributed by atoms with E-state index in [2.05, 4.69) is 13.9 Å². The third-order valence-corrected chi connectivity index (χ3v) is 2.00. The van der Waals surface area contributed by atoms with Gasteiger partial charge in [-0.2, -0.15) is 3.97 Å². The van der Waals surface area contributed by atoms with E-state index < -0.39 is 17.0 Å². The average Bonchev–Trinajstić information content (AvgIpc) is 2.30. The maximum Gasteiger partial charge on any atom is 0.455 e. The van der Waals surface area contributed by atoms with Gasteiger partial charge in [-0.15, -0.1) is 0 Å². The highest BCUT2D eigenvalue weighted by atomic mass is 32.2. The molecule has 0 bridgehead atoms. The molecule has 1 rings (SSSR count). The molecule has 0 amide bonds. The topological polar surface area (TPSA) is 74.3 Å². The predicted molar refractivity (Wildman–Crippen MR) is 36.0 cm³/mol. The number of rotatable bonds is 2. The fourth-order valence-electron chi connectivity index (χ4n) is 0.555. The van der Waals surface area contributed by atoms with Crippen molar-refractivity contribution in [2.24, 2.45) is 0 Å². The van der Waals surface area contributed by atoms with Crippen LogP contribution in [-0.4, -0.2) is 20.4 Å². The largest absolute Gasteiger partial charge is 0.455 e. The normalized spacial score (nSPS) is 13.3. The lowest BCUT2D eigenvalue weighted by molar-refractivity contribution is 0.378. The number of hydrogen-bond donors (Lipinski definition) is 0. The Bertz CT molecular complexity index is 327. The SMILES string of the molecule is COS(=O)n1c(C)noc1=O. The molecule has 62 valence electrons. The number of nitrogens with zero attached hydrogens (tertiary/aromatic N) is 2. The number of aromatic nitrogens is 2. The van der Waals surface area contributed by atoms with E-state index in [0.29, 0.717) is 0 Å². The lowest BCUT2D eigenvalue weighted by atomic mass is 10.8. The third-order valence-electron chi connectivity index (χ3n) is 1.01. The van der Waals surface area contributed by atoms with E-state index in [1.165, 1.54) is 14.0 Å². The molecule has 1 unspecified atom stereocenters. The van der Waals surface area contributed by atoms with Crippen LogP contribution in [-0.2, 0) is 15.4 Å². The van der Waals surface area contributed by atoms with Crippen LogP contribution in [0.5, 0.6) is 0 Å². The molecule has 0 aliphatic rings. The van der Waals surface area contributed by atoms with Crippen molar-refractivity contribution >= 4 is 11.3 Å². The van der Waals surface area contributed by atoms with Gasteiger partial charge in [0.2, 0.25) is 0 Å². The van der Waals surface area contributed by atoms with E-state index in [9.17, 15) is 9.00 Å². The summed E-state index contributed by atoms with van der Waals surface area (Å²) in [5.41, 5.74) is 0. The number of hydrogen-bond acceptors (Lipinski definition) is 5. The summed E-state index contributed by atoms with van der Waals surface area (Å²) in [6.07, 6.45) is 0. The van der Waals surface area contributed by atoms with Gasteiger partial charge >= 0.3 is 5.76 Å². The summed E-state index contributed by atoms with van der Waals surface area (Å²) in [7, 11) is 1.22. The van der Waals surface area contributed by atoms with Gasteiger partial charge in [-0.25, -0.2) is 9.00 Å². The van der Waals surface area contributed by atoms with Crippen molar-refractivity contribution in [2.45, 2.75) is 6.92 Å². The van der Waals surface area contributed by atoms with Crippen LogP contribution in [0.15, 0.2) is 9.32 Å². The Hall–Kier alpha value is -0.950. The summed E-state index contributed by atoms with van der Waals surface area (Å²) >= 11 is -1.83. The highest BCUT2D eigenvalue weighted by molar-refractivity contribution is 7.78. The molecule has 0 fully saturated rings. The van der Waals surface area contributed by atoms with Crippen LogP contribution < -0.4 is 5.76 Å². The Morgan fingerprint density at radius 1 is 1.73 bits per heavy atom. The lowest BCUT2D eigenvalue weighted by Crippen LogP contribution is -2.20. The molecule has 7 heteroatoms. The van der Waals surface area contributed by atoms with Gasteiger partial charge in [0, 0.05) is 0 Å². The van der Waals surface area contributed by atoms with Crippen LogP contribution in [0.2, 0.25) is 0 Å². The predicted octanol–water partition coefficient (Wildman–Crippen LogP) is -0.782. The molecule has 0 spiro atoms. The Balaban J connectivity index is 3.21. The van der Waals surface area contributed by atoms with E-state index in [4.69, 9.17) is 0 Å². The molecule has 0 saturated heterocycles. The molecule has 0 aromatic carbocycles. The standard InChI is InChI=1S/C4H6N2O4S/c1-3-5-10-4(7)6(3)11(8)9-2/h1-2H3. The Kier molecular flexibility index (Phi) is 2.20. The van der Waals surface area contributed by atoms with Crippen molar-refractivity contribution in [1.29, 1.82) is 0 Å². The smallest absolute Gasteiger partial charge is 0.295 e. The summed E-state index contributed by atoms with van der Waals surface area (Å²) in [5.74, 6) is -0.571. The first-order valence-electron chi connectivity index (χ1n) is 2.69. The Morgan fingerprint density at radius 2 is 2.36 bits per heavy atom. The van der Waals surface area contributed by atoms with Crippen molar-refractivity contribution in [3.8, 4) is 0 Å². The minimum Gasteiger partial charge on any atom is -0.295 e. The second-order valence-corrected chi connectivity index (χ2v) is 2.81. The highest BCUT2D eigenvalue weighted by Crippen LogP contribution is 1.92. The van der Waals surface area contributed by atoms with Gasteiger partial charge in [0.25, 0.3) is 11.3 Å². The lowest BCUT2D eigenvalue weighted by Gasteiger charge is -1.94. The molecular formula is C4H6N2O4S. The molecule has 11 heavy (non-hydrogen) atoms. The fraction of sp³-hybridized carbons (Fsp3) is 0.500. The molecule has 0 N–H and O–H groups in total. The molecule has 0 aliphatic heterocycles. The van der Waals surface area contributed by atoms with Gasteiger partial charge < -0.3 is 0 Å². The van der Waals surface area contributed by atoms with E-state index in [1.54, 1.807) is 0 Å². The molecule has 0 radical (unpaired) electrons. The van der Waals surface area contributed by atoms with Gasteiger partial charge in [-0.05, 0) is 6.92 Å². The second kappa shape index (κ2) is 2.97. The van der Waals surface area contributed by atoms with Gasteiger partial charge in [-0.1, -0.05) is 5.16 Å². The zero-order valence-corrected chi connectivity index (χ0v) is 6.75. The zero-order valence-electron chi connectivity index (χ0n) is 5.94. The van der Waals surface area contributed by atoms with Crippen molar-refractivity contribution in [3.63, 3.8) is 0 Å². The first-order chi connectivity index (χ1) is 5.16. The molecule has 1 aromatic heterocycles. The molecular weight excluding hydrogens is 172 g/mol. The maximum absolute atomic E-state index is 10.9. The Morgan fingerprint density at radius 3 is 2.73 bits per heavy atom. The summed E-state index contributed by atoms with van der Waals surface area (Å²) < 4.78 is 20.3. The molecule has 0 saturated carbocycles. The van der Waals surface area contributed by atoms with Crippen molar-refractivity contribution in [3.05, 3.63) is 16.4 Å². The molecule has 1 heterocycles. The molecule has 1 atom stereocenters. The van der Waals surface area contributed by atoms with Gasteiger partial charge in [0.15, 0.2) is 5.82 Å². The number of aryl methyl sites for hydroxylation is 1. The zero-order chi connectivity index (χ0) is 8.43.